The third-order valence-corrected chi connectivity index (χ3v) is 3.90. The number of benzene rings is 1. The molecule has 2 atom stereocenters. The Balaban J connectivity index is 2.24. The van der Waals surface area contributed by atoms with E-state index in [0.29, 0.717) is 12.2 Å². The standard InChI is InChI=1S/C12H17FN2OS/c1-8-2-3-10(13)9(6-8)12(15-14)11-7-17-5-4-16-11/h2-3,6,11-12,15H,4-5,7,14H2,1H3. The average Bonchev–Trinajstić information content (AvgIpc) is 2.36. The van der Waals surface area contributed by atoms with Crippen molar-refractivity contribution in [2.45, 2.75) is 19.1 Å². The van der Waals surface area contributed by atoms with E-state index >= 15 is 0 Å². The highest BCUT2D eigenvalue weighted by atomic mass is 32.2. The minimum absolute atomic E-state index is 0.0740. The van der Waals surface area contributed by atoms with Crippen LogP contribution in [0.2, 0.25) is 0 Å². The van der Waals surface area contributed by atoms with Crippen LogP contribution >= 0.6 is 11.8 Å². The highest BCUT2D eigenvalue weighted by molar-refractivity contribution is 7.99. The summed E-state index contributed by atoms with van der Waals surface area (Å²) in [6, 6.07) is 4.76. The fraction of sp³-hybridized carbons (Fsp3) is 0.500. The Morgan fingerprint density at radius 2 is 2.41 bits per heavy atom. The molecule has 17 heavy (non-hydrogen) atoms. The van der Waals surface area contributed by atoms with Crippen molar-refractivity contribution in [2.75, 3.05) is 18.1 Å². The molecule has 3 nitrogen and oxygen atoms in total. The number of aryl methyl sites for hydroxylation is 1. The molecular formula is C12H17FN2OS. The first-order valence-electron chi connectivity index (χ1n) is 5.64. The van der Waals surface area contributed by atoms with Crippen LogP contribution in [0.3, 0.4) is 0 Å². The van der Waals surface area contributed by atoms with Crippen LogP contribution in [0.15, 0.2) is 18.2 Å². The number of hydrogen-bond acceptors (Lipinski definition) is 4. The minimum Gasteiger partial charge on any atom is -0.374 e. The largest absolute Gasteiger partial charge is 0.374 e. The van der Waals surface area contributed by atoms with Crippen LogP contribution in [-0.2, 0) is 4.74 Å². The molecule has 0 aromatic heterocycles. The van der Waals surface area contributed by atoms with Gasteiger partial charge in [0.05, 0.1) is 18.8 Å². The van der Waals surface area contributed by atoms with Gasteiger partial charge in [0.25, 0.3) is 0 Å². The van der Waals surface area contributed by atoms with E-state index in [1.54, 1.807) is 6.07 Å². The molecule has 0 saturated carbocycles. The first kappa shape index (κ1) is 12.8. The van der Waals surface area contributed by atoms with E-state index in [1.165, 1.54) is 6.07 Å². The molecule has 1 aromatic rings. The molecule has 0 radical (unpaired) electrons. The number of nitrogens with two attached hydrogens (primary N) is 1. The summed E-state index contributed by atoms with van der Waals surface area (Å²) in [7, 11) is 0. The molecule has 1 aliphatic rings. The summed E-state index contributed by atoms with van der Waals surface area (Å²) in [5.74, 6) is 7.14. The van der Waals surface area contributed by atoms with Crippen molar-refractivity contribution in [1.29, 1.82) is 0 Å². The third kappa shape index (κ3) is 2.98. The molecule has 5 heteroatoms. The molecule has 0 aliphatic carbocycles. The first-order valence-corrected chi connectivity index (χ1v) is 6.79. The highest BCUT2D eigenvalue weighted by Crippen LogP contribution is 2.27. The van der Waals surface area contributed by atoms with E-state index < -0.39 is 0 Å². The second-order valence-corrected chi connectivity index (χ2v) is 5.30. The zero-order chi connectivity index (χ0) is 12.3. The van der Waals surface area contributed by atoms with Gasteiger partial charge in [0, 0.05) is 17.1 Å². The fourth-order valence-electron chi connectivity index (χ4n) is 2.00. The molecule has 1 fully saturated rings. The van der Waals surface area contributed by atoms with Gasteiger partial charge >= 0.3 is 0 Å². The summed E-state index contributed by atoms with van der Waals surface area (Å²) < 4.78 is 19.5. The summed E-state index contributed by atoms with van der Waals surface area (Å²) >= 11 is 1.81. The van der Waals surface area contributed by atoms with E-state index in [-0.39, 0.29) is 18.0 Å². The van der Waals surface area contributed by atoms with Crippen molar-refractivity contribution in [3.63, 3.8) is 0 Å². The number of rotatable bonds is 3. The molecule has 3 N–H and O–H groups in total. The Morgan fingerprint density at radius 3 is 3.06 bits per heavy atom. The predicted octanol–water partition coefficient (Wildman–Crippen LogP) is 1.77. The molecule has 0 amide bonds. The van der Waals surface area contributed by atoms with E-state index in [0.717, 1.165) is 17.1 Å². The minimum atomic E-state index is -0.289. The first-order chi connectivity index (χ1) is 8.22. The van der Waals surface area contributed by atoms with Crippen LogP contribution in [0.25, 0.3) is 0 Å². The van der Waals surface area contributed by atoms with Gasteiger partial charge in [0.2, 0.25) is 0 Å². The van der Waals surface area contributed by atoms with Crippen LogP contribution in [0.1, 0.15) is 17.2 Å². The van der Waals surface area contributed by atoms with E-state index in [2.05, 4.69) is 5.43 Å². The lowest BCUT2D eigenvalue weighted by Gasteiger charge is -2.30. The number of nitrogens with one attached hydrogen (secondary N) is 1. The molecule has 0 spiro atoms. The fourth-order valence-corrected chi connectivity index (χ4v) is 2.90. The summed E-state index contributed by atoms with van der Waals surface area (Å²) in [6.07, 6.45) is -0.0740. The maximum absolute atomic E-state index is 13.8. The van der Waals surface area contributed by atoms with Gasteiger partial charge in [0.1, 0.15) is 5.82 Å². The number of halogens is 1. The lowest BCUT2D eigenvalue weighted by Crippen LogP contribution is -2.41. The number of hydrazine groups is 1. The average molecular weight is 256 g/mol. The Hall–Kier alpha value is -0.620. The Kier molecular flexibility index (Phi) is 4.39. The van der Waals surface area contributed by atoms with E-state index in [9.17, 15) is 4.39 Å². The van der Waals surface area contributed by atoms with Crippen LogP contribution in [0.4, 0.5) is 4.39 Å². The molecule has 0 bridgehead atoms. The summed E-state index contributed by atoms with van der Waals surface area (Å²) in [4.78, 5) is 0. The Labute approximate surface area is 105 Å². The van der Waals surface area contributed by atoms with Gasteiger partial charge in [-0.05, 0) is 13.0 Å². The maximum atomic E-state index is 13.8. The second kappa shape index (κ2) is 5.82. The van der Waals surface area contributed by atoms with Gasteiger partial charge in [-0.3, -0.25) is 11.3 Å². The summed E-state index contributed by atoms with van der Waals surface area (Å²) in [6.45, 7) is 2.63. The SMILES string of the molecule is Cc1ccc(F)c(C(NN)C2CSCCO2)c1. The maximum Gasteiger partial charge on any atom is 0.128 e. The molecule has 2 unspecified atom stereocenters. The molecule has 1 aromatic carbocycles. The monoisotopic (exact) mass is 256 g/mol. The van der Waals surface area contributed by atoms with Crippen LogP contribution in [0, 0.1) is 12.7 Å². The van der Waals surface area contributed by atoms with Gasteiger partial charge < -0.3 is 4.74 Å². The zero-order valence-electron chi connectivity index (χ0n) is 9.78. The summed E-state index contributed by atoms with van der Waals surface area (Å²) in [5, 5.41) is 0. The number of ether oxygens (including phenoxy) is 1. The van der Waals surface area contributed by atoms with Crippen molar-refractivity contribution in [3.05, 3.63) is 35.1 Å². The molecule has 1 aliphatic heterocycles. The van der Waals surface area contributed by atoms with Gasteiger partial charge in [-0.1, -0.05) is 17.7 Å². The van der Waals surface area contributed by atoms with Gasteiger partial charge in [-0.15, -0.1) is 0 Å². The van der Waals surface area contributed by atoms with Crippen LogP contribution < -0.4 is 11.3 Å². The van der Waals surface area contributed by atoms with Crippen molar-refractivity contribution in [2.24, 2.45) is 5.84 Å². The van der Waals surface area contributed by atoms with Gasteiger partial charge in [-0.2, -0.15) is 11.8 Å². The molecule has 2 rings (SSSR count). The van der Waals surface area contributed by atoms with Crippen LogP contribution in [-0.4, -0.2) is 24.2 Å². The van der Waals surface area contributed by atoms with Crippen molar-refractivity contribution < 1.29 is 9.13 Å². The number of hydrogen-bond donors (Lipinski definition) is 2. The predicted molar refractivity (Wildman–Crippen MR) is 68.3 cm³/mol. The normalized spacial score (nSPS) is 22.4. The Morgan fingerprint density at radius 1 is 1.59 bits per heavy atom. The van der Waals surface area contributed by atoms with Crippen molar-refractivity contribution >= 4 is 11.8 Å². The van der Waals surface area contributed by atoms with Crippen molar-refractivity contribution in [1.82, 2.24) is 5.43 Å². The quantitative estimate of drug-likeness (QED) is 0.639. The van der Waals surface area contributed by atoms with Gasteiger partial charge in [-0.25, -0.2) is 4.39 Å². The lowest BCUT2D eigenvalue weighted by atomic mass is 10.00. The molecule has 1 saturated heterocycles. The molecule has 1 heterocycles. The molecule has 94 valence electrons. The highest BCUT2D eigenvalue weighted by Gasteiger charge is 2.27. The zero-order valence-corrected chi connectivity index (χ0v) is 10.6. The third-order valence-electron chi connectivity index (χ3n) is 2.88. The lowest BCUT2D eigenvalue weighted by molar-refractivity contribution is 0.0458. The number of thioether (sulfide) groups is 1. The summed E-state index contributed by atoms with van der Waals surface area (Å²) in [5.41, 5.74) is 4.28. The Bertz CT molecular complexity index is 383. The molecular weight excluding hydrogens is 239 g/mol. The smallest absolute Gasteiger partial charge is 0.128 e. The van der Waals surface area contributed by atoms with E-state index in [4.69, 9.17) is 10.6 Å². The second-order valence-electron chi connectivity index (χ2n) is 4.15. The van der Waals surface area contributed by atoms with Crippen molar-refractivity contribution in [3.8, 4) is 0 Å². The van der Waals surface area contributed by atoms with E-state index in [1.807, 2.05) is 24.8 Å². The topological polar surface area (TPSA) is 47.3 Å². The van der Waals surface area contributed by atoms with Gasteiger partial charge in [0.15, 0.2) is 0 Å². The van der Waals surface area contributed by atoms with Crippen LogP contribution in [0.5, 0.6) is 0 Å².